The van der Waals surface area contributed by atoms with Gasteiger partial charge >= 0.3 is 0 Å². The molecule has 0 saturated heterocycles. The van der Waals surface area contributed by atoms with E-state index >= 15 is 0 Å². The van der Waals surface area contributed by atoms with Crippen LogP contribution in [0.3, 0.4) is 0 Å². The van der Waals surface area contributed by atoms with Gasteiger partial charge in [-0.3, -0.25) is 0 Å². The molecule has 3 aromatic rings. The van der Waals surface area contributed by atoms with E-state index in [-0.39, 0.29) is 6.61 Å². The van der Waals surface area contributed by atoms with Gasteiger partial charge in [-0.25, -0.2) is 4.98 Å². The summed E-state index contributed by atoms with van der Waals surface area (Å²) in [4.78, 5) is 4.81. The summed E-state index contributed by atoms with van der Waals surface area (Å²) in [7, 11) is 0. The van der Waals surface area contributed by atoms with Crippen molar-refractivity contribution in [3.8, 4) is 0 Å². The Kier molecular flexibility index (Phi) is 3.46. The maximum atomic E-state index is 9.80. The first-order chi connectivity index (χ1) is 11.2. The van der Waals surface area contributed by atoms with Gasteiger partial charge in [-0.05, 0) is 61.3 Å². The summed E-state index contributed by atoms with van der Waals surface area (Å²) in [5.41, 5.74) is 8.42. The molecule has 0 bridgehead atoms. The largest absolute Gasteiger partial charge is 0.392 e. The van der Waals surface area contributed by atoms with Crippen molar-refractivity contribution < 1.29 is 5.11 Å². The number of nitrogens with zero attached hydrogens (tertiary/aromatic N) is 2. The molecular formula is C20H22N2O. The normalized spacial score (nSPS) is 17.4. The van der Waals surface area contributed by atoms with E-state index in [1.54, 1.807) is 0 Å². The van der Waals surface area contributed by atoms with Crippen LogP contribution in [0.4, 0.5) is 0 Å². The van der Waals surface area contributed by atoms with Gasteiger partial charge in [0.05, 0.1) is 12.3 Å². The summed E-state index contributed by atoms with van der Waals surface area (Å²) in [5.74, 6) is 0.541. The standard InChI is InChI=1S/C20H22N2O/c1-13-14(2)22-11-17(12-23)18-9-8-16(10-19(18)20(22)21-13)15-6-4-3-5-7-15/h3-7,11,16,23H,8-10,12H2,1-2H3/t16-/m1/s1. The lowest BCUT2D eigenvalue weighted by Gasteiger charge is -2.27. The number of aliphatic hydroxyl groups is 1. The number of aliphatic hydroxyl groups excluding tert-OH is 1. The van der Waals surface area contributed by atoms with Gasteiger partial charge in [-0.2, -0.15) is 0 Å². The van der Waals surface area contributed by atoms with E-state index in [2.05, 4.69) is 54.8 Å². The average molecular weight is 306 g/mol. The van der Waals surface area contributed by atoms with Crippen LogP contribution in [-0.2, 0) is 19.4 Å². The molecule has 1 aromatic carbocycles. The number of hydrogen-bond acceptors (Lipinski definition) is 2. The molecule has 0 spiro atoms. The molecule has 1 aliphatic carbocycles. The number of pyridine rings is 1. The Balaban J connectivity index is 1.87. The minimum Gasteiger partial charge on any atom is -0.392 e. The van der Waals surface area contributed by atoms with Crippen LogP contribution in [0.5, 0.6) is 0 Å². The first-order valence-corrected chi connectivity index (χ1v) is 8.33. The number of rotatable bonds is 2. The maximum Gasteiger partial charge on any atom is 0.140 e. The zero-order valence-electron chi connectivity index (χ0n) is 13.7. The monoisotopic (exact) mass is 306 g/mol. The summed E-state index contributed by atoms with van der Waals surface area (Å²) in [5, 5.41) is 9.80. The number of aryl methyl sites for hydroxylation is 2. The summed E-state index contributed by atoms with van der Waals surface area (Å²) in [6, 6.07) is 10.8. The summed E-state index contributed by atoms with van der Waals surface area (Å²) in [6.45, 7) is 4.26. The van der Waals surface area contributed by atoms with Gasteiger partial charge in [0.25, 0.3) is 0 Å². The predicted octanol–water partition coefficient (Wildman–Crippen LogP) is 3.72. The van der Waals surface area contributed by atoms with Gasteiger partial charge < -0.3 is 9.51 Å². The zero-order valence-corrected chi connectivity index (χ0v) is 13.7. The third-order valence-corrected chi connectivity index (χ3v) is 5.33. The molecule has 0 radical (unpaired) electrons. The number of imidazole rings is 1. The van der Waals surface area contributed by atoms with E-state index in [1.165, 1.54) is 22.4 Å². The van der Waals surface area contributed by atoms with Crippen LogP contribution in [-0.4, -0.2) is 14.5 Å². The first kappa shape index (κ1) is 14.5. The minimum absolute atomic E-state index is 0.102. The van der Waals surface area contributed by atoms with Crippen LogP contribution >= 0.6 is 0 Å². The molecule has 0 fully saturated rings. The molecule has 1 atom stereocenters. The zero-order chi connectivity index (χ0) is 16.0. The Bertz CT molecular complexity index is 864. The van der Waals surface area contributed by atoms with Crippen molar-refractivity contribution in [2.75, 3.05) is 0 Å². The van der Waals surface area contributed by atoms with Crippen molar-refractivity contribution in [1.82, 2.24) is 9.38 Å². The summed E-state index contributed by atoms with van der Waals surface area (Å²) in [6.07, 6.45) is 5.24. The van der Waals surface area contributed by atoms with Gasteiger partial charge in [0.1, 0.15) is 5.65 Å². The number of aromatic nitrogens is 2. The molecule has 0 amide bonds. The minimum atomic E-state index is 0.102. The van der Waals surface area contributed by atoms with E-state index in [4.69, 9.17) is 4.98 Å². The van der Waals surface area contributed by atoms with E-state index in [0.29, 0.717) is 5.92 Å². The van der Waals surface area contributed by atoms with E-state index in [1.807, 2.05) is 0 Å². The molecule has 118 valence electrons. The van der Waals surface area contributed by atoms with Gasteiger partial charge in [0.2, 0.25) is 0 Å². The highest BCUT2D eigenvalue weighted by Crippen LogP contribution is 2.36. The molecule has 23 heavy (non-hydrogen) atoms. The van der Waals surface area contributed by atoms with Crippen LogP contribution in [0.2, 0.25) is 0 Å². The van der Waals surface area contributed by atoms with Gasteiger partial charge in [0, 0.05) is 11.9 Å². The Morgan fingerprint density at radius 1 is 1.17 bits per heavy atom. The molecule has 0 unspecified atom stereocenters. The SMILES string of the molecule is Cc1nc2c3c(c(CO)cn2c1C)CC[C@@H](c1ccccc1)C3. The highest BCUT2D eigenvalue weighted by atomic mass is 16.3. The molecule has 2 heterocycles. The van der Waals surface area contributed by atoms with E-state index < -0.39 is 0 Å². The smallest absolute Gasteiger partial charge is 0.140 e. The maximum absolute atomic E-state index is 9.80. The lowest BCUT2D eigenvalue weighted by atomic mass is 9.79. The van der Waals surface area contributed by atoms with Crippen molar-refractivity contribution >= 4 is 5.65 Å². The second-order valence-electron chi connectivity index (χ2n) is 6.60. The Hall–Kier alpha value is -2.13. The van der Waals surface area contributed by atoms with Crippen LogP contribution < -0.4 is 0 Å². The molecule has 1 aliphatic rings. The highest BCUT2D eigenvalue weighted by Gasteiger charge is 2.25. The molecule has 1 N–H and O–H groups in total. The number of hydrogen-bond donors (Lipinski definition) is 1. The first-order valence-electron chi connectivity index (χ1n) is 8.33. The second-order valence-corrected chi connectivity index (χ2v) is 6.60. The topological polar surface area (TPSA) is 37.5 Å². The number of fused-ring (bicyclic) bond motifs is 3. The lowest BCUT2D eigenvalue weighted by Crippen LogP contribution is -2.17. The van der Waals surface area contributed by atoms with Gasteiger partial charge in [-0.1, -0.05) is 30.3 Å². The number of benzene rings is 1. The van der Waals surface area contributed by atoms with Gasteiger partial charge in [0.15, 0.2) is 0 Å². The van der Waals surface area contributed by atoms with Crippen molar-refractivity contribution in [2.24, 2.45) is 0 Å². The Morgan fingerprint density at radius 3 is 2.70 bits per heavy atom. The van der Waals surface area contributed by atoms with Crippen LogP contribution in [0.15, 0.2) is 36.5 Å². The van der Waals surface area contributed by atoms with Crippen molar-refractivity contribution in [1.29, 1.82) is 0 Å². The summed E-state index contributed by atoms with van der Waals surface area (Å²) >= 11 is 0. The van der Waals surface area contributed by atoms with Crippen molar-refractivity contribution in [2.45, 2.75) is 45.6 Å². The van der Waals surface area contributed by atoms with Crippen LogP contribution in [0.1, 0.15) is 46.0 Å². The molecule has 0 aliphatic heterocycles. The summed E-state index contributed by atoms with van der Waals surface area (Å²) < 4.78 is 2.16. The fraction of sp³-hybridized carbons (Fsp3) is 0.350. The van der Waals surface area contributed by atoms with Crippen molar-refractivity contribution in [3.63, 3.8) is 0 Å². The lowest BCUT2D eigenvalue weighted by molar-refractivity contribution is 0.279. The van der Waals surface area contributed by atoms with E-state index in [0.717, 1.165) is 36.2 Å². The van der Waals surface area contributed by atoms with Crippen LogP contribution in [0.25, 0.3) is 5.65 Å². The third kappa shape index (κ3) is 2.27. The van der Waals surface area contributed by atoms with Crippen LogP contribution in [0, 0.1) is 13.8 Å². The molecular weight excluding hydrogens is 284 g/mol. The molecule has 3 nitrogen and oxygen atoms in total. The predicted molar refractivity (Wildman–Crippen MR) is 91.8 cm³/mol. The molecule has 2 aromatic heterocycles. The van der Waals surface area contributed by atoms with E-state index in [9.17, 15) is 5.11 Å². The molecule has 4 rings (SSSR count). The molecule has 0 saturated carbocycles. The van der Waals surface area contributed by atoms with Crippen molar-refractivity contribution in [3.05, 3.63) is 70.2 Å². The fourth-order valence-corrected chi connectivity index (χ4v) is 3.90. The average Bonchev–Trinajstić information content (AvgIpc) is 2.89. The third-order valence-electron chi connectivity index (χ3n) is 5.33. The fourth-order valence-electron chi connectivity index (χ4n) is 3.90. The quantitative estimate of drug-likeness (QED) is 0.783. The Morgan fingerprint density at radius 2 is 1.96 bits per heavy atom. The second kappa shape index (κ2) is 5.50. The molecule has 3 heteroatoms. The Labute approximate surface area is 136 Å². The van der Waals surface area contributed by atoms with Gasteiger partial charge in [-0.15, -0.1) is 0 Å². The highest BCUT2D eigenvalue weighted by molar-refractivity contribution is 5.58.